The number of hydrogen-bond donors (Lipinski definition) is 2. The van der Waals surface area contributed by atoms with Crippen molar-refractivity contribution in [1.29, 1.82) is 0 Å². The fourth-order valence-electron chi connectivity index (χ4n) is 5.71. The molecule has 3 aromatic rings. The quantitative estimate of drug-likeness (QED) is 0.443. The predicted molar refractivity (Wildman–Crippen MR) is 146 cm³/mol. The predicted octanol–water partition coefficient (Wildman–Crippen LogP) is 2.91. The molecule has 0 bridgehead atoms. The highest BCUT2D eigenvalue weighted by molar-refractivity contribution is 6.05. The Morgan fingerprint density at radius 2 is 1.68 bits per heavy atom. The molecule has 1 aromatic heterocycles. The van der Waals surface area contributed by atoms with Gasteiger partial charge < -0.3 is 14.7 Å². The zero-order valence-corrected chi connectivity index (χ0v) is 22.2. The molecule has 206 valence electrons. The van der Waals surface area contributed by atoms with Crippen molar-refractivity contribution in [3.05, 3.63) is 94.8 Å². The number of nitrogens with zero attached hydrogens (tertiary/aromatic N) is 3. The summed E-state index contributed by atoms with van der Waals surface area (Å²) in [5.74, 6) is -0.171. The number of aliphatic hydroxyl groups is 1. The summed E-state index contributed by atoms with van der Waals surface area (Å²) in [6.45, 7) is 2.95. The Bertz CT molecular complexity index is 1420. The lowest BCUT2D eigenvalue weighted by Crippen LogP contribution is -2.52. The number of imide groups is 1. The molecule has 2 aromatic carbocycles. The molecule has 1 unspecified atom stereocenters. The number of likely N-dealkylation sites (tertiary alicyclic amines) is 1. The minimum Gasteiger partial charge on any atom is -0.489 e. The number of ether oxygens (including phenoxy) is 1. The molecule has 9 heteroatoms. The third kappa shape index (κ3) is 5.35. The number of piperidine rings is 2. The number of benzene rings is 2. The third-order valence-corrected chi connectivity index (χ3v) is 8.11. The SMILES string of the molecule is O=C1CCC(N2Cc3nc(C4(O)CCN(Cc5ccc(COc6ccccc6)cc5)CC4)ccc3C2=O)C(=O)N1. The molecular weight excluding hydrogens is 508 g/mol. The Hall–Kier alpha value is -4.08. The molecule has 2 N–H and O–H groups in total. The van der Waals surface area contributed by atoms with E-state index in [1.165, 1.54) is 10.5 Å². The van der Waals surface area contributed by atoms with Gasteiger partial charge >= 0.3 is 0 Å². The Morgan fingerprint density at radius 1 is 0.950 bits per heavy atom. The number of rotatable bonds is 7. The molecule has 40 heavy (non-hydrogen) atoms. The normalized spacial score (nSPS) is 20.8. The van der Waals surface area contributed by atoms with Gasteiger partial charge in [-0.25, -0.2) is 0 Å². The van der Waals surface area contributed by atoms with Crippen LogP contribution in [-0.4, -0.2) is 56.7 Å². The summed E-state index contributed by atoms with van der Waals surface area (Å²) in [6, 6.07) is 20.9. The van der Waals surface area contributed by atoms with Crippen molar-refractivity contribution in [2.75, 3.05) is 13.1 Å². The standard InChI is InChI=1S/C31H32N4O5/c36-28-13-11-26(29(37)33-28)35-19-25-24(30(35)38)10-12-27(32-25)31(39)14-16-34(17-15-31)18-21-6-8-22(9-7-21)20-40-23-4-2-1-3-5-23/h1-10,12,26,39H,11,13-20H2,(H,33,36,37). The first-order valence-electron chi connectivity index (χ1n) is 13.7. The zero-order chi connectivity index (χ0) is 27.7. The molecule has 0 spiro atoms. The van der Waals surface area contributed by atoms with Crippen LogP contribution in [0.5, 0.6) is 5.75 Å². The van der Waals surface area contributed by atoms with Crippen molar-refractivity contribution >= 4 is 17.7 Å². The minimum atomic E-state index is -1.07. The highest BCUT2D eigenvalue weighted by Crippen LogP contribution is 2.35. The van der Waals surface area contributed by atoms with Crippen LogP contribution in [0.4, 0.5) is 0 Å². The second-order valence-electron chi connectivity index (χ2n) is 10.8. The van der Waals surface area contributed by atoms with Gasteiger partial charge in [0, 0.05) is 26.1 Å². The first-order chi connectivity index (χ1) is 19.4. The Balaban J connectivity index is 1.04. The fourth-order valence-corrected chi connectivity index (χ4v) is 5.71. The lowest BCUT2D eigenvalue weighted by Gasteiger charge is -2.38. The van der Waals surface area contributed by atoms with Crippen molar-refractivity contribution in [3.8, 4) is 5.75 Å². The Morgan fingerprint density at radius 3 is 2.40 bits per heavy atom. The van der Waals surface area contributed by atoms with Crippen molar-refractivity contribution in [1.82, 2.24) is 20.1 Å². The first kappa shape index (κ1) is 26.2. The largest absolute Gasteiger partial charge is 0.489 e. The van der Waals surface area contributed by atoms with Crippen molar-refractivity contribution in [2.45, 2.75) is 57.0 Å². The molecule has 9 nitrogen and oxygen atoms in total. The number of para-hydroxylation sites is 1. The lowest BCUT2D eigenvalue weighted by atomic mass is 9.87. The van der Waals surface area contributed by atoms with E-state index in [0.29, 0.717) is 42.8 Å². The fraction of sp³-hybridized carbons (Fsp3) is 0.355. The van der Waals surface area contributed by atoms with Gasteiger partial charge in [0.15, 0.2) is 0 Å². The lowest BCUT2D eigenvalue weighted by molar-refractivity contribution is -0.136. The van der Waals surface area contributed by atoms with E-state index in [1.807, 2.05) is 30.3 Å². The van der Waals surface area contributed by atoms with Crippen LogP contribution in [0.25, 0.3) is 0 Å². The number of pyridine rings is 1. The molecule has 6 rings (SSSR count). The molecule has 1 atom stereocenters. The molecule has 4 heterocycles. The summed E-state index contributed by atoms with van der Waals surface area (Å²) in [6.07, 6.45) is 1.58. The van der Waals surface area contributed by atoms with Gasteiger partial charge in [0.2, 0.25) is 11.8 Å². The van der Waals surface area contributed by atoms with Crippen LogP contribution in [0.1, 0.15) is 58.6 Å². The smallest absolute Gasteiger partial charge is 0.256 e. The van der Waals surface area contributed by atoms with Gasteiger partial charge in [0.05, 0.1) is 23.5 Å². The average Bonchev–Trinajstić information content (AvgIpc) is 3.30. The Kier molecular flexibility index (Phi) is 7.08. The summed E-state index contributed by atoms with van der Waals surface area (Å²) in [4.78, 5) is 45.3. The highest BCUT2D eigenvalue weighted by atomic mass is 16.5. The van der Waals surface area contributed by atoms with Crippen LogP contribution in [0.3, 0.4) is 0 Å². The summed E-state index contributed by atoms with van der Waals surface area (Å²) in [5, 5.41) is 13.8. The monoisotopic (exact) mass is 540 g/mol. The second kappa shape index (κ2) is 10.8. The average molecular weight is 541 g/mol. The highest BCUT2D eigenvalue weighted by Gasteiger charge is 2.41. The van der Waals surface area contributed by atoms with E-state index < -0.39 is 17.6 Å². The molecule has 0 aliphatic carbocycles. The summed E-state index contributed by atoms with van der Waals surface area (Å²) < 4.78 is 5.83. The third-order valence-electron chi connectivity index (χ3n) is 8.11. The molecule has 3 amide bonds. The molecular formula is C31H32N4O5. The van der Waals surface area contributed by atoms with E-state index in [9.17, 15) is 19.5 Å². The van der Waals surface area contributed by atoms with Crippen LogP contribution in [0.2, 0.25) is 0 Å². The van der Waals surface area contributed by atoms with Crippen LogP contribution in [0, 0.1) is 0 Å². The maximum Gasteiger partial charge on any atom is 0.256 e. The zero-order valence-electron chi connectivity index (χ0n) is 22.2. The van der Waals surface area contributed by atoms with Gasteiger partial charge in [-0.05, 0) is 54.7 Å². The van der Waals surface area contributed by atoms with E-state index >= 15 is 0 Å². The van der Waals surface area contributed by atoms with Gasteiger partial charge in [0.25, 0.3) is 5.91 Å². The minimum absolute atomic E-state index is 0.197. The van der Waals surface area contributed by atoms with E-state index in [1.54, 1.807) is 12.1 Å². The number of carbonyl (C=O) groups excluding carboxylic acids is 3. The molecule has 0 saturated carbocycles. The number of hydrogen-bond acceptors (Lipinski definition) is 7. The van der Waals surface area contributed by atoms with Gasteiger partial charge in [-0.3, -0.25) is 29.6 Å². The van der Waals surface area contributed by atoms with E-state index in [0.717, 1.165) is 30.9 Å². The van der Waals surface area contributed by atoms with E-state index in [4.69, 9.17) is 9.72 Å². The first-order valence-corrected chi connectivity index (χ1v) is 13.7. The molecule has 2 saturated heterocycles. The van der Waals surface area contributed by atoms with Crippen molar-refractivity contribution in [3.63, 3.8) is 0 Å². The molecule has 3 aliphatic rings. The number of amides is 3. The number of nitrogens with one attached hydrogen (secondary N) is 1. The molecule has 0 radical (unpaired) electrons. The Labute approximate surface area is 232 Å². The van der Waals surface area contributed by atoms with Gasteiger partial charge in [0.1, 0.15) is 24.0 Å². The summed E-state index contributed by atoms with van der Waals surface area (Å²) in [5.41, 5.74) is 2.82. The van der Waals surface area contributed by atoms with Crippen LogP contribution in [-0.2, 0) is 34.9 Å². The van der Waals surface area contributed by atoms with Gasteiger partial charge in [-0.1, -0.05) is 42.5 Å². The van der Waals surface area contributed by atoms with Crippen molar-refractivity contribution < 1.29 is 24.2 Å². The molecule has 3 aliphatic heterocycles. The molecule has 2 fully saturated rings. The second-order valence-corrected chi connectivity index (χ2v) is 10.8. The van der Waals surface area contributed by atoms with Crippen LogP contribution in [0.15, 0.2) is 66.7 Å². The maximum atomic E-state index is 13.0. The van der Waals surface area contributed by atoms with E-state index in [2.05, 4.69) is 34.5 Å². The van der Waals surface area contributed by atoms with Crippen LogP contribution < -0.4 is 10.1 Å². The van der Waals surface area contributed by atoms with Gasteiger partial charge in [-0.15, -0.1) is 0 Å². The van der Waals surface area contributed by atoms with Gasteiger partial charge in [-0.2, -0.15) is 0 Å². The number of aromatic nitrogens is 1. The topological polar surface area (TPSA) is 112 Å². The van der Waals surface area contributed by atoms with E-state index in [-0.39, 0.29) is 24.8 Å². The summed E-state index contributed by atoms with van der Waals surface area (Å²) >= 11 is 0. The maximum absolute atomic E-state index is 13.0. The summed E-state index contributed by atoms with van der Waals surface area (Å²) in [7, 11) is 0. The number of fused-ring (bicyclic) bond motifs is 1. The van der Waals surface area contributed by atoms with Crippen molar-refractivity contribution in [2.24, 2.45) is 0 Å². The van der Waals surface area contributed by atoms with Crippen LogP contribution >= 0.6 is 0 Å². The number of carbonyl (C=O) groups is 3.